The molecule has 1 heterocycles. The minimum atomic E-state index is -4.51. The van der Waals surface area contributed by atoms with Gasteiger partial charge in [-0.05, 0) is 31.4 Å². The summed E-state index contributed by atoms with van der Waals surface area (Å²) in [6.45, 7) is 1.47. The Morgan fingerprint density at radius 3 is 2.67 bits per heavy atom. The summed E-state index contributed by atoms with van der Waals surface area (Å²) < 4.78 is 38.3. The van der Waals surface area contributed by atoms with Crippen LogP contribution in [0.4, 0.5) is 30.6 Å². The number of nitriles is 1. The van der Waals surface area contributed by atoms with Gasteiger partial charge in [0.25, 0.3) is 0 Å². The molecular weight excluding hydrogens is 381 g/mol. The van der Waals surface area contributed by atoms with Crippen molar-refractivity contribution < 1.29 is 18.0 Å². The lowest BCUT2D eigenvalue weighted by molar-refractivity contribution is -0.137. The normalized spacial score (nSPS) is 12.1. The number of nitrogens with two attached hydrogens (primary N) is 1. The Kier molecular flexibility index (Phi) is 6.12. The zero-order valence-corrected chi connectivity index (χ0v) is 15.1. The van der Waals surface area contributed by atoms with E-state index in [0.29, 0.717) is 5.03 Å². The Balaban J connectivity index is 2.18. The van der Waals surface area contributed by atoms with Crippen molar-refractivity contribution in [1.82, 2.24) is 9.97 Å². The first-order chi connectivity index (χ1) is 12.7. The Hall–Kier alpha value is -3.00. The van der Waals surface area contributed by atoms with Crippen molar-refractivity contribution in [1.29, 1.82) is 5.26 Å². The molecule has 27 heavy (non-hydrogen) atoms. The molecule has 4 N–H and O–H groups in total. The van der Waals surface area contributed by atoms with E-state index in [-0.39, 0.29) is 23.0 Å². The Morgan fingerprint density at radius 1 is 1.37 bits per heavy atom. The molecule has 1 aromatic carbocycles. The van der Waals surface area contributed by atoms with Crippen molar-refractivity contribution in [3.63, 3.8) is 0 Å². The summed E-state index contributed by atoms with van der Waals surface area (Å²) in [5, 5.41) is 14.8. The summed E-state index contributed by atoms with van der Waals surface area (Å²) in [5.74, 6) is -0.617. The Labute approximate surface area is 157 Å². The largest absolute Gasteiger partial charge is 0.416 e. The van der Waals surface area contributed by atoms with Crippen LogP contribution in [0.3, 0.4) is 0 Å². The van der Waals surface area contributed by atoms with Gasteiger partial charge in [-0.25, -0.2) is 4.98 Å². The summed E-state index contributed by atoms with van der Waals surface area (Å²) in [6.07, 6.45) is -2.81. The van der Waals surface area contributed by atoms with Gasteiger partial charge in [0.2, 0.25) is 11.9 Å². The zero-order valence-electron chi connectivity index (χ0n) is 14.3. The number of hydrogen-bond acceptors (Lipinski definition) is 7. The van der Waals surface area contributed by atoms with Crippen LogP contribution in [0.15, 0.2) is 29.3 Å². The van der Waals surface area contributed by atoms with E-state index in [4.69, 9.17) is 5.73 Å². The number of benzene rings is 1. The van der Waals surface area contributed by atoms with Gasteiger partial charge in [0.05, 0.1) is 5.56 Å². The number of nitrogens with one attached hydrogen (secondary N) is 2. The zero-order chi connectivity index (χ0) is 20.2. The third-order valence-electron chi connectivity index (χ3n) is 3.40. The number of anilines is 3. The van der Waals surface area contributed by atoms with Gasteiger partial charge in [0, 0.05) is 5.69 Å². The van der Waals surface area contributed by atoms with Crippen molar-refractivity contribution in [2.45, 2.75) is 24.2 Å². The fourth-order valence-corrected chi connectivity index (χ4v) is 2.64. The van der Waals surface area contributed by atoms with E-state index in [2.05, 4.69) is 20.6 Å². The highest BCUT2D eigenvalue weighted by Gasteiger charge is 2.30. The number of alkyl halides is 3. The topological polar surface area (TPSA) is 117 Å². The fourth-order valence-electron chi connectivity index (χ4n) is 2.10. The average Bonchev–Trinajstić information content (AvgIpc) is 2.60. The number of thioether (sulfide) groups is 1. The molecule has 0 bridgehead atoms. The first-order valence-electron chi connectivity index (χ1n) is 7.52. The molecule has 0 saturated heterocycles. The van der Waals surface area contributed by atoms with Gasteiger partial charge in [0.15, 0.2) is 5.82 Å². The first-order valence-corrected chi connectivity index (χ1v) is 8.74. The third kappa shape index (κ3) is 5.01. The molecule has 0 spiro atoms. The van der Waals surface area contributed by atoms with Gasteiger partial charge >= 0.3 is 6.18 Å². The van der Waals surface area contributed by atoms with Crippen molar-refractivity contribution in [3.05, 3.63) is 35.4 Å². The second-order valence-corrected chi connectivity index (χ2v) is 6.16. The van der Waals surface area contributed by atoms with E-state index in [1.807, 2.05) is 6.07 Å². The van der Waals surface area contributed by atoms with Crippen molar-refractivity contribution in [2.24, 2.45) is 0 Å². The first kappa shape index (κ1) is 20.3. The lowest BCUT2D eigenvalue weighted by Crippen LogP contribution is -2.32. The maximum Gasteiger partial charge on any atom is 0.416 e. The molecule has 1 aromatic heterocycles. The molecule has 1 amide bonds. The van der Waals surface area contributed by atoms with Crippen molar-refractivity contribution in [2.75, 3.05) is 22.6 Å². The summed E-state index contributed by atoms with van der Waals surface area (Å²) >= 11 is 1.19. The lowest BCUT2D eigenvalue weighted by Gasteiger charge is -2.17. The van der Waals surface area contributed by atoms with E-state index in [1.165, 1.54) is 30.8 Å². The second-order valence-electron chi connectivity index (χ2n) is 5.36. The van der Waals surface area contributed by atoms with Gasteiger partial charge in [-0.1, -0.05) is 6.07 Å². The van der Waals surface area contributed by atoms with Gasteiger partial charge in [-0.3, -0.25) is 4.79 Å². The van der Waals surface area contributed by atoms with Gasteiger partial charge in [0.1, 0.15) is 22.7 Å². The minimum absolute atomic E-state index is 0.00372. The number of rotatable bonds is 5. The number of halogens is 3. The number of hydrogen-bond donors (Lipinski definition) is 3. The average molecular weight is 396 g/mol. The summed E-state index contributed by atoms with van der Waals surface area (Å²) in [4.78, 5) is 20.2. The van der Waals surface area contributed by atoms with Crippen LogP contribution in [-0.4, -0.2) is 28.2 Å². The summed E-state index contributed by atoms with van der Waals surface area (Å²) in [6, 6.07) is 5.31. The predicted molar refractivity (Wildman–Crippen MR) is 96.1 cm³/mol. The van der Waals surface area contributed by atoms with E-state index in [1.54, 1.807) is 6.26 Å². The van der Waals surface area contributed by atoms with Crippen LogP contribution in [0, 0.1) is 11.3 Å². The molecule has 0 aliphatic rings. The highest BCUT2D eigenvalue weighted by Crippen LogP contribution is 2.30. The fraction of sp³-hybridized carbons (Fsp3) is 0.250. The molecule has 0 saturated carbocycles. The highest BCUT2D eigenvalue weighted by molar-refractivity contribution is 7.98. The van der Waals surface area contributed by atoms with Crippen LogP contribution in [0.25, 0.3) is 0 Å². The van der Waals surface area contributed by atoms with Crippen LogP contribution in [0.1, 0.15) is 18.1 Å². The van der Waals surface area contributed by atoms with Gasteiger partial charge in [-0.2, -0.15) is 23.4 Å². The molecule has 7 nitrogen and oxygen atoms in total. The molecule has 142 valence electrons. The number of aromatic nitrogens is 2. The van der Waals surface area contributed by atoms with Gasteiger partial charge in [-0.15, -0.1) is 11.8 Å². The van der Waals surface area contributed by atoms with Crippen LogP contribution < -0.4 is 16.4 Å². The van der Waals surface area contributed by atoms with E-state index in [0.717, 1.165) is 12.1 Å². The molecule has 2 rings (SSSR count). The second kappa shape index (κ2) is 8.13. The minimum Gasteiger partial charge on any atom is -0.368 e. The van der Waals surface area contributed by atoms with E-state index in [9.17, 15) is 23.2 Å². The van der Waals surface area contributed by atoms with Crippen LogP contribution >= 0.6 is 11.8 Å². The van der Waals surface area contributed by atoms with E-state index >= 15 is 0 Å². The maximum absolute atomic E-state index is 12.8. The Bertz CT molecular complexity index is 897. The van der Waals surface area contributed by atoms with E-state index < -0.39 is 23.7 Å². The number of nitrogens with zero attached hydrogens (tertiary/aromatic N) is 3. The number of carbonyl (C=O) groups excluding carboxylic acids is 1. The monoisotopic (exact) mass is 396 g/mol. The SMILES string of the molecule is CSc1nc(N)nc(N[C@@H](C)C(=O)Nc2cccc(C(F)(F)F)c2)c1C#N. The Morgan fingerprint density at radius 2 is 2.07 bits per heavy atom. The molecule has 0 aliphatic carbocycles. The third-order valence-corrected chi connectivity index (χ3v) is 4.08. The lowest BCUT2D eigenvalue weighted by atomic mass is 10.2. The smallest absolute Gasteiger partial charge is 0.368 e. The van der Waals surface area contributed by atoms with Gasteiger partial charge < -0.3 is 16.4 Å². The molecule has 1 atom stereocenters. The van der Waals surface area contributed by atoms with Crippen LogP contribution in [0.2, 0.25) is 0 Å². The summed E-state index contributed by atoms with van der Waals surface area (Å²) in [7, 11) is 0. The van der Waals surface area contributed by atoms with Crippen LogP contribution in [0.5, 0.6) is 0 Å². The molecule has 0 unspecified atom stereocenters. The number of carbonyl (C=O) groups is 1. The quantitative estimate of drug-likeness (QED) is 0.525. The van der Waals surface area contributed by atoms with Crippen molar-refractivity contribution >= 4 is 35.1 Å². The van der Waals surface area contributed by atoms with Crippen molar-refractivity contribution in [3.8, 4) is 6.07 Å². The standard InChI is InChI=1S/C16H15F3N6OS/c1-8(22-12-11(7-20)14(27-2)25-15(21)24-12)13(26)23-10-5-3-4-9(6-10)16(17,18)19/h3-6,8H,1-2H3,(H,23,26)(H3,21,22,24,25)/t8-/m0/s1. The number of nitrogen functional groups attached to an aromatic ring is 1. The highest BCUT2D eigenvalue weighted by atomic mass is 32.2. The summed E-state index contributed by atoms with van der Waals surface area (Å²) in [5.41, 5.74) is 4.84. The maximum atomic E-state index is 12.8. The predicted octanol–water partition coefficient (Wildman–Crippen LogP) is 3.11. The molecule has 2 aromatic rings. The molecule has 0 radical (unpaired) electrons. The molecular formula is C16H15F3N6OS. The number of amides is 1. The molecule has 11 heteroatoms. The van der Waals surface area contributed by atoms with Crippen LogP contribution in [-0.2, 0) is 11.0 Å². The molecule has 0 fully saturated rings. The molecule has 0 aliphatic heterocycles.